The van der Waals surface area contributed by atoms with Gasteiger partial charge in [0.1, 0.15) is 4.88 Å². The molecule has 0 unspecified atom stereocenters. The first-order valence-corrected chi connectivity index (χ1v) is 7.98. The monoisotopic (exact) mass is 351 g/mol. The van der Waals surface area contributed by atoms with Crippen molar-refractivity contribution in [3.8, 4) is 0 Å². The van der Waals surface area contributed by atoms with Crippen molar-refractivity contribution < 1.29 is 4.79 Å². The second kappa shape index (κ2) is 7.77. The lowest BCUT2D eigenvalue weighted by atomic mass is 9.71. The van der Waals surface area contributed by atoms with Crippen LogP contribution in [0.3, 0.4) is 0 Å². The number of piperidine rings is 2. The molecule has 1 N–H and O–H groups in total. The number of nitrogens with zero attached hydrogens (tertiary/aromatic N) is 2. The molecule has 2 fully saturated rings. The fourth-order valence-electron chi connectivity index (χ4n) is 3.29. The smallest absolute Gasteiger partial charge is 0.265 e. The van der Waals surface area contributed by atoms with Gasteiger partial charge in [-0.3, -0.25) is 4.79 Å². The van der Waals surface area contributed by atoms with Crippen LogP contribution < -0.4 is 5.32 Å². The van der Waals surface area contributed by atoms with Crippen LogP contribution >= 0.6 is 36.2 Å². The second-order valence-corrected chi connectivity index (χ2v) is 6.66. The van der Waals surface area contributed by atoms with Crippen LogP contribution in [0, 0.1) is 12.3 Å². The molecular formula is C14H23Cl2N3OS. The molecule has 1 aromatic heterocycles. The summed E-state index contributed by atoms with van der Waals surface area (Å²) in [5, 5.41) is 3.43. The van der Waals surface area contributed by atoms with Gasteiger partial charge in [0, 0.05) is 13.1 Å². The molecule has 0 saturated carbocycles. The van der Waals surface area contributed by atoms with Crippen LogP contribution in [-0.2, 0) is 0 Å². The summed E-state index contributed by atoms with van der Waals surface area (Å²) in [5.41, 5.74) is 3.14. The van der Waals surface area contributed by atoms with Crippen LogP contribution in [0.1, 0.15) is 41.0 Å². The maximum absolute atomic E-state index is 12.4. The third-order valence-corrected chi connectivity index (χ3v) is 5.63. The lowest BCUT2D eigenvalue weighted by Gasteiger charge is -2.44. The Morgan fingerprint density at radius 2 is 1.86 bits per heavy atom. The summed E-state index contributed by atoms with van der Waals surface area (Å²) >= 11 is 1.47. The topological polar surface area (TPSA) is 45.2 Å². The van der Waals surface area contributed by atoms with Gasteiger partial charge in [-0.1, -0.05) is 0 Å². The zero-order chi connectivity index (χ0) is 13.3. The van der Waals surface area contributed by atoms with Crippen LogP contribution in [0.15, 0.2) is 5.51 Å². The molecule has 21 heavy (non-hydrogen) atoms. The summed E-state index contributed by atoms with van der Waals surface area (Å²) in [6.07, 6.45) is 4.87. The zero-order valence-corrected chi connectivity index (χ0v) is 14.7. The minimum absolute atomic E-state index is 0. The number of halogens is 2. The molecule has 4 nitrogen and oxygen atoms in total. The van der Waals surface area contributed by atoms with Crippen molar-refractivity contribution in [2.75, 3.05) is 26.2 Å². The number of hydrogen-bond acceptors (Lipinski definition) is 4. The lowest BCUT2D eigenvalue weighted by molar-refractivity contribution is 0.0499. The number of hydrogen-bond donors (Lipinski definition) is 1. The fraction of sp³-hybridized carbons (Fsp3) is 0.714. The summed E-state index contributed by atoms with van der Waals surface area (Å²) in [4.78, 5) is 19.5. The van der Waals surface area contributed by atoms with E-state index >= 15 is 0 Å². The number of thiazole rings is 1. The Morgan fingerprint density at radius 1 is 1.24 bits per heavy atom. The standard InChI is InChI=1S/C14H21N3OS.2ClH/c1-11-12(19-10-16-11)13(18)17-8-4-14(5-9-17)2-6-15-7-3-14;;/h10,15H,2-9H2,1H3;2*1H. The highest BCUT2D eigenvalue weighted by atomic mass is 35.5. The van der Waals surface area contributed by atoms with Gasteiger partial charge in [0.05, 0.1) is 11.2 Å². The van der Waals surface area contributed by atoms with Gasteiger partial charge in [-0.05, 0) is 51.1 Å². The Labute approximate surface area is 142 Å². The van der Waals surface area contributed by atoms with Crippen molar-refractivity contribution in [2.45, 2.75) is 32.6 Å². The Hall–Kier alpha value is -0.360. The molecule has 2 aliphatic heterocycles. The predicted octanol–water partition coefficient (Wildman–Crippen LogP) is 2.90. The van der Waals surface area contributed by atoms with E-state index in [-0.39, 0.29) is 30.7 Å². The highest BCUT2D eigenvalue weighted by molar-refractivity contribution is 7.11. The molecule has 1 amide bonds. The van der Waals surface area contributed by atoms with Gasteiger partial charge < -0.3 is 10.2 Å². The van der Waals surface area contributed by atoms with E-state index in [1.807, 2.05) is 11.8 Å². The maximum Gasteiger partial charge on any atom is 0.265 e. The van der Waals surface area contributed by atoms with E-state index in [9.17, 15) is 4.79 Å². The van der Waals surface area contributed by atoms with Crippen LogP contribution in [0.25, 0.3) is 0 Å². The largest absolute Gasteiger partial charge is 0.338 e. The van der Waals surface area contributed by atoms with E-state index in [4.69, 9.17) is 0 Å². The predicted molar refractivity (Wildman–Crippen MR) is 91.0 cm³/mol. The highest BCUT2D eigenvalue weighted by Gasteiger charge is 2.37. The number of likely N-dealkylation sites (tertiary alicyclic amines) is 1. The van der Waals surface area contributed by atoms with Crippen LogP contribution in [0.5, 0.6) is 0 Å². The number of nitrogens with one attached hydrogen (secondary N) is 1. The Bertz CT molecular complexity index is 465. The molecular weight excluding hydrogens is 329 g/mol. The third kappa shape index (κ3) is 3.89. The molecule has 3 rings (SSSR count). The quantitative estimate of drug-likeness (QED) is 0.845. The van der Waals surface area contributed by atoms with Gasteiger partial charge in [0.25, 0.3) is 5.91 Å². The van der Waals surface area contributed by atoms with E-state index in [2.05, 4.69) is 10.3 Å². The molecule has 0 bridgehead atoms. The number of carbonyl (C=O) groups excluding carboxylic acids is 1. The Kier molecular flexibility index (Phi) is 6.91. The summed E-state index contributed by atoms with van der Waals surface area (Å²) in [6, 6.07) is 0. The van der Waals surface area contributed by atoms with Crippen LogP contribution in [-0.4, -0.2) is 42.0 Å². The first-order valence-electron chi connectivity index (χ1n) is 7.10. The molecule has 2 saturated heterocycles. The highest BCUT2D eigenvalue weighted by Crippen LogP contribution is 2.39. The maximum atomic E-state index is 12.4. The minimum atomic E-state index is 0. The minimum Gasteiger partial charge on any atom is -0.338 e. The molecule has 0 atom stereocenters. The summed E-state index contributed by atoms with van der Waals surface area (Å²) < 4.78 is 0. The molecule has 2 aliphatic rings. The number of aryl methyl sites for hydroxylation is 1. The van der Waals surface area contributed by atoms with Crippen LogP contribution in [0.2, 0.25) is 0 Å². The van der Waals surface area contributed by atoms with Gasteiger partial charge in [-0.2, -0.15) is 0 Å². The van der Waals surface area contributed by atoms with Crippen molar-refractivity contribution in [1.29, 1.82) is 0 Å². The van der Waals surface area contributed by atoms with Crippen molar-refractivity contribution in [1.82, 2.24) is 15.2 Å². The van der Waals surface area contributed by atoms with E-state index in [1.54, 1.807) is 5.51 Å². The van der Waals surface area contributed by atoms with Crippen molar-refractivity contribution in [3.05, 3.63) is 16.1 Å². The molecule has 0 radical (unpaired) electrons. The molecule has 1 spiro atoms. The van der Waals surface area contributed by atoms with Crippen molar-refractivity contribution in [3.63, 3.8) is 0 Å². The molecule has 1 aromatic rings. The molecule has 3 heterocycles. The second-order valence-electron chi connectivity index (χ2n) is 5.81. The number of aromatic nitrogens is 1. The first-order chi connectivity index (χ1) is 9.20. The van der Waals surface area contributed by atoms with Crippen LogP contribution in [0.4, 0.5) is 0 Å². The third-order valence-electron chi connectivity index (χ3n) is 4.72. The number of carbonyl (C=O) groups is 1. The summed E-state index contributed by atoms with van der Waals surface area (Å²) in [6.45, 7) is 6.03. The Morgan fingerprint density at radius 3 is 2.38 bits per heavy atom. The summed E-state index contributed by atoms with van der Waals surface area (Å²) in [7, 11) is 0. The average Bonchev–Trinajstić information content (AvgIpc) is 2.86. The molecule has 7 heteroatoms. The number of rotatable bonds is 1. The first kappa shape index (κ1) is 18.7. The Balaban J connectivity index is 0.00000110. The van der Waals surface area contributed by atoms with Gasteiger partial charge >= 0.3 is 0 Å². The van der Waals surface area contributed by atoms with Gasteiger partial charge in [-0.25, -0.2) is 4.98 Å². The van der Waals surface area contributed by atoms with Crippen molar-refractivity contribution in [2.24, 2.45) is 5.41 Å². The van der Waals surface area contributed by atoms with Gasteiger partial charge in [0.15, 0.2) is 0 Å². The summed E-state index contributed by atoms with van der Waals surface area (Å²) in [5.74, 6) is 0.184. The van der Waals surface area contributed by atoms with E-state index in [0.717, 1.165) is 49.6 Å². The fourth-order valence-corrected chi connectivity index (χ4v) is 4.06. The molecule has 0 aliphatic carbocycles. The zero-order valence-electron chi connectivity index (χ0n) is 12.3. The normalized spacial score (nSPS) is 20.5. The molecule has 120 valence electrons. The van der Waals surface area contributed by atoms with E-state index in [0.29, 0.717) is 5.41 Å². The van der Waals surface area contributed by atoms with Gasteiger partial charge in [-0.15, -0.1) is 36.2 Å². The van der Waals surface area contributed by atoms with Gasteiger partial charge in [0.2, 0.25) is 0 Å². The van der Waals surface area contributed by atoms with E-state index < -0.39 is 0 Å². The average molecular weight is 352 g/mol. The lowest BCUT2D eigenvalue weighted by Crippen LogP contribution is -2.47. The van der Waals surface area contributed by atoms with E-state index in [1.165, 1.54) is 24.2 Å². The van der Waals surface area contributed by atoms with Crippen molar-refractivity contribution >= 4 is 42.1 Å². The molecule has 0 aromatic carbocycles. The SMILES string of the molecule is Cc1ncsc1C(=O)N1CCC2(CCNCC2)CC1.Cl.Cl. The number of amides is 1.